The molecule has 0 saturated heterocycles. The average molecular weight is 392 g/mol. The second-order valence-electron chi connectivity index (χ2n) is 6.52. The van der Waals surface area contributed by atoms with Gasteiger partial charge in [-0.15, -0.1) is 0 Å². The highest BCUT2D eigenvalue weighted by Gasteiger charge is 2.60. The van der Waals surface area contributed by atoms with Crippen LogP contribution in [0, 0.1) is 24.7 Å². The molecule has 0 aliphatic carbocycles. The van der Waals surface area contributed by atoms with Crippen LogP contribution in [0.2, 0.25) is 0 Å². The highest BCUT2D eigenvalue weighted by molar-refractivity contribution is 5.86. The zero-order chi connectivity index (χ0) is 21.3. The number of carbonyl (C=O) groups excluding carboxylic acids is 1. The van der Waals surface area contributed by atoms with Gasteiger partial charge in [-0.2, -0.15) is 13.2 Å². The smallest absolute Gasteiger partial charge is 0.381 e. The van der Waals surface area contributed by atoms with Gasteiger partial charge in [0.25, 0.3) is 11.5 Å². The Balaban J connectivity index is 2.67. The van der Waals surface area contributed by atoms with Crippen molar-refractivity contribution in [1.82, 2.24) is 9.97 Å². The molecule has 6 nitrogen and oxygen atoms in total. The third-order valence-electron chi connectivity index (χ3n) is 3.98. The van der Waals surface area contributed by atoms with Crippen molar-refractivity contribution in [3.8, 4) is 23.1 Å². The number of primary amides is 1. The molecule has 1 amide bonds. The molecule has 5 N–H and O–H groups in total. The van der Waals surface area contributed by atoms with Gasteiger partial charge in [-0.1, -0.05) is 31.9 Å². The summed E-state index contributed by atoms with van der Waals surface area (Å²) >= 11 is 0. The van der Waals surface area contributed by atoms with E-state index < -0.39 is 23.2 Å². The summed E-state index contributed by atoms with van der Waals surface area (Å²) < 4.78 is 40.1. The van der Waals surface area contributed by atoms with Gasteiger partial charge in [0.2, 0.25) is 0 Å². The van der Waals surface area contributed by atoms with Crippen molar-refractivity contribution < 1.29 is 23.1 Å². The van der Waals surface area contributed by atoms with Gasteiger partial charge in [0, 0.05) is 17.0 Å². The number of aromatic nitrogens is 2. The fourth-order valence-electron chi connectivity index (χ4n) is 2.40. The van der Waals surface area contributed by atoms with Crippen molar-refractivity contribution in [3.63, 3.8) is 0 Å². The Kier molecular flexibility index (Phi) is 5.66. The van der Waals surface area contributed by atoms with Crippen LogP contribution in [0.3, 0.4) is 0 Å². The van der Waals surface area contributed by atoms with E-state index in [9.17, 15) is 23.1 Å². The van der Waals surface area contributed by atoms with E-state index >= 15 is 0 Å². The van der Waals surface area contributed by atoms with Crippen LogP contribution < -0.4 is 11.5 Å². The first-order valence-corrected chi connectivity index (χ1v) is 8.22. The van der Waals surface area contributed by atoms with Crippen LogP contribution in [-0.4, -0.2) is 27.2 Å². The number of halogens is 3. The maximum atomic E-state index is 13.4. The third-order valence-corrected chi connectivity index (χ3v) is 3.98. The Morgan fingerprint density at radius 2 is 1.93 bits per heavy atom. The lowest BCUT2D eigenvalue weighted by Crippen LogP contribution is -2.52. The zero-order valence-electron chi connectivity index (χ0n) is 15.4. The number of amides is 1. The van der Waals surface area contributed by atoms with Crippen LogP contribution in [0.25, 0.3) is 11.3 Å². The van der Waals surface area contributed by atoms with Gasteiger partial charge in [-0.3, -0.25) is 4.79 Å². The van der Waals surface area contributed by atoms with Crippen molar-refractivity contribution in [2.24, 2.45) is 11.7 Å². The number of hydrogen-bond donors (Lipinski definition) is 3. The van der Waals surface area contributed by atoms with Crippen molar-refractivity contribution in [2.45, 2.75) is 32.5 Å². The van der Waals surface area contributed by atoms with E-state index in [4.69, 9.17) is 11.5 Å². The lowest BCUT2D eigenvalue weighted by molar-refractivity contribution is -0.255. The Bertz CT molecular complexity index is 977. The van der Waals surface area contributed by atoms with Crippen LogP contribution in [0.1, 0.15) is 30.7 Å². The maximum Gasteiger partial charge on any atom is 0.430 e. The predicted octanol–water partition coefficient (Wildman–Crippen LogP) is 2.28. The first kappa shape index (κ1) is 21.2. The highest BCUT2D eigenvalue weighted by atomic mass is 19.4. The molecule has 1 unspecified atom stereocenters. The summed E-state index contributed by atoms with van der Waals surface area (Å²) in [6, 6.07) is 3.32. The van der Waals surface area contributed by atoms with Crippen molar-refractivity contribution >= 4 is 11.7 Å². The van der Waals surface area contributed by atoms with Crippen LogP contribution in [0.15, 0.2) is 24.4 Å². The Morgan fingerprint density at radius 1 is 1.29 bits per heavy atom. The largest absolute Gasteiger partial charge is 0.430 e. The number of rotatable bonds is 3. The monoisotopic (exact) mass is 392 g/mol. The quantitative estimate of drug-likeness (QED) is 0.693. The molecule has 9 heteroatoms. The van der Waals surface area contributed by atoms with E-state index in [2.05, 4.69) is 21.8 Å². The summed E-state index contributed by atoms with van der Waals surface area (Å²) in [4.78, 5) is 19.7. The molecule has 1 aromatic heterocycles. The standard InChI is InChI=1S/C19H19F3N4O2/c1-10(2)4-7-14-16(23)25-9-15(26-14)13-8-12(6-5-11(13)3)18(28,17(24)27)19(20,21)22/h5-6,8-10,28H,1-3H3,(H2,23,25)(H2,24,27). The molecule has 1 aromatic carbocycles. The van der Waals surface area contributed by atoms with Crippen LogP contribution in [-0.2, 0) is 10.4 Å². The second-order valence-corrected chi connectivity index (χ2v) is 6.52. The molecule has 0 spiro atoms. The summed E-state index contributed by atoms with van der Waals surface area (Å²) in [7, 11) is 0. The molecule has 0 fully saturated rings. The van der Waals surface area contributed by atoms with Gasteiger partial charge in [0.05, 0.1) is 11.9 Å². The summed E-state index contributed by atoms with van der Waals surface area (Å²) in [5.74, 6) is 3.86. The minimum Gasteiger partial charge on any atom is -0.381 e. The fraction of sp³-hybridized carbons (Fsp3) is 0.316. The Labute approximate surface area is 159 Å². The molecular formula is C19H19F3N4O2. The van der Waals surface area contributed by atoms with Gasteiger partial charge < -0.3 is 16.6 Å². The molecule has 1 atom stereocenters. The number of nitrogens with zero attached hydrogens (tertiary/aromatic N) is 2. The van der Waals surface area contributed by atoms with E-state index in [1.807, 2.05) is 13.8 Å². The molecule has 28 heavy (non-hydrogen) atoms. The summed E-state index contributed by atoms with van der Waals surface area (Å²) in [6.07, 6.45) is -4.02. The number of nitrogen functional groups attached to an aromatic ring is 1. The molecule has 0 radical (unpaired) electrons. The predicted molar refractivity (Wildman–Crippen MR) is 97.5 cm³/mol. The van der Waals surface area contributed by atoms with Gasteiger partial charge in [-0.25, -0.2) is 9.97 Å². The lowest BCUT2D eigenvalue weighted by Gasteiger charge is -2.28. The van der Waals surface area contributed by atoms with Crippen molar-refractivity contribution in [1.29, 1.82) is 0 Å². The van der Waals surface area contributed by atoms with E-state index in [-0.39, 0.29) is 28.7 Å². The topological polar surface area (TPSA) is 115 Å². The van der Waals surface area contributed by atoms with Gasteiger partial charge in [0.15, 0.2) is 11.5 Å². The molecule has 0 bridgehead atoms. The molecule has 2 rings (SSSR count). The lowest BCUT2D eigenvalue weighted by atomic mass is 9.89. The van der Waals surface area contributed by atoms with Gasteiger partial charge in [0.1, 0.15) is 0 Å². The number of anilines is 1. The minimum absolute atomic E-state index is 0.0484. The normalized spacial score (nSPS) is 13.6. The van der Waals surface area contributed by atoms with E-state index in [0.717, 1.165) is 12.1 Å². The van der Waals surface area contributed by atoms with Gasteiger partial charge >= 0.3 is 6.18 Å². The maximum absolute atomic E-state index is 13.4. The molecule has 0 aliphatic rings. The van der Waals surface area contributed by atoms with Gasteiger partial charge in [-0.05, 0) is 24.5 Å². The molecule has 0 aliphatic heterocycles. The Morgan fingerprint density at radius 3 is 2.46 bits per heavy atom. The number of aryl methyl sites for hydroxylation is 1. The fourth-order valence-corrected chi connectivity index (χ4v) is 2.40. The van der Waals surface area contributed by atoms with Crippen molar-refractivity contribution in [2.75, 3.05) is 5.73 Å². The van der Waals surface area contributed by atoms with E-state index in [0.29, 0.717) is 5.56 Å². The van der Waals surface area contributed by atoms with Crippen LogP contribution in [0.5, 0.6) is 0 Å². The molecule has 1 heterocycles. The number of benzene rings is 1. The van der Waals surface area contributed by atoms with Crippen molar-refractivity contribution in [3.05, 3.63) is 41.2 Å². The number of carbonyl (C=O) groups is 1. The molecular weight excluding hydrogens is 373 g/mol. The first-order chi connectivity index (χ1) is 12.9. The van der Waals surface area contributed by atoms with Crippen LogP contribution in [0.4, 0.5) is 19.0 Å². The number of aliphatic hydroxyl groups is 1. The number of alkyl halides is 3. The summed E-state index contributed by atoms with van der Waals surface area (Å²) in [6.45, 7) is 5.37. The Hall–Kier alpha value is -3.12. The minimum atomic E-state index is -5.30. The first-order valence-electron chi connectivity index (χ1n) is 8.22. The highest BCUT2D eigenvalue weighted by Crippen LogP contribution is 2.40. The summed E-state index contributed by atoms with van der Waals surface area (Å²) in [5.41, 5.74) is 7.19. The molecule has 148 valence electrons. The molecule has 2 aromatic rings. The summed E-state index contributed by atoms with van der Waals surface area (Å²) in [5, 5.41) is 10.0. The second kappa shape index (κ2) is 7.48. The number of nitrogens with two attached hydrogens (primary N) is 2. The van der Waals surface area contributed by atoms with E-state index in [1.165, 1.54) is 12.3 Å². The van der Waals surface area contributed by atoms with Crippen LogP contribution >= 0.6 is 0 Å². The molecule has 0 saturated carbocycles. The third kappa shape index (κ3) is 3.92. The SMILES string of the molecule is Cc1ccc(C(O)(C(N)=O)C(F)(F)F)cc1-c1cnc(N)c(C#CC(C)C)n1. The zero-order valence-corrected chi connectivity index (χ0v) is 15.4. The number of hydrogen-bond acceptors (Lipinski definition) is 5. The average Bonchev–Trinajstić information content (AvgIpc) is 2.59. The van der Waals surface area contributed by atoms with E-state index in [1.54, 1.807) is 6.92 Å².